The minimum absolute atomic E-state index is 0.00513. The van der Waals surface area contributed by atoms with Crippen LogP contribution in [0.15, 0.2) is 18.2 Å². The minimum atomic E-state index is -4.32. The summed E-state index contributed by atoms with van der Waals surface area (Å²) in [6, 6.07) is 3.29. The monoisotopic (exact) mass is 248 g/mol. The first-order chi connectivity index (χ1) is 7.33. The molecule has 7 heteroatoms. The van der Waals surface area contributed by atoms with Crippen molar-refractivity contribution in [2.24, 2.45) is 0 Å². The van der Waals surface area contributed by atoms with Gasteiger partial charge in [-0.05, 0) is 17.7 Å². The lowest BCUT2D eigenvalue weighted by Crippen LogP contribution is -2.03. The van der Waals surface area contributed by atoms with Crippen molar-refractivity contribution in [1.29, 1.82) is 0 Å². The third kappa shape index (κ3) is 3.41. The number of esters is 1. The van der Waals surface area contributed by atoms with Gasteiger partial charge in [-0.25, -0.2) is 9.18 Å². The van der Waals surface area contributed by atoms with Crippen LogP contribution in [0.2, 0.25) is 0 Å². The van der Waals surface area contributed by atoms with Crippen LogP contribution in [0.3, 0.4) is 0 Å². The van der Waals surface area contributed by atoms with Crippen LogP contribution in [-0.2, 0) is 15.5 Å². The predicted octanol–water partition coefficient (Wildman–Crippen LogP) is 1.29. The highest BCUT2D eigenvalue weighted by atomic mass is 31.2. The van der Waals surface area contributed by atoms with Crippen LogP contribution in [0.5, 0.6) is 0 Å². The van der Waals surface area contributed by atoms with Gasteiger partial charge in [0.05, 0.1) is 18.8 Å². The number of carbonyl (C=O) groups is 1. The Labute approximate surface area is 91.0 Å². The Morgan fingerprint density at radius 3 is 2.56 bits per heavy atom. The van der Waals surface area contributed by atoms with Crippen LogP contribution < -0.4 is 0 Å². The molecule has 1 aromatic rings. The Balaban J connectivity index is 3.01. The molecule has 0 unspecified atom stereocenters. The SMILES string of the molecule is COC(=O)c1ccc(CP(=O)(O)O)c(F)c1. The summed E-state index contributed by atoms with van der Waals surface area (Å²) in [6.45, 7) is 0. The van der Waals surface area contributed by atoms with Crippen molar-refractivity contribution in [3.05, 3.63) is 35.1 Å². The molecular weight excluding hydrogens is 238 g/mol. The molecule has 16 heavy (non-hydrogen) atoms. The van der Waals surface area contributed by atoms with Gasteiger partial charge < -0.3 is 14.5 Å². The lowest BCUT2D eigenvalue weighted by atomic mass is 10.1. The summed E-state index contributed by atoms with van der Waals surface area (Å²) < 4.78 is 28.4. The Bertz CT molecular complexity index is 453. The number of ether oxygens (including phenoxy) is 1. The molecule has 0 aromatic heterocycles. The first-order valence-electron chi connectivity index (χ1n) is 4.25. The molecule has 1 aromatic carbocycles. The van der Waals surface area contributed by atoms with Gasteiger partial charge in [0.1, 0.15) is 5.82 Å². The number of hydrogen-bond donors (Lipinski definition) is 2. The third-order valence-electron chi connectivity index (χ3n) is 1.85. The summed E-state index contributed by atoms with van der Waals surface area (Å²) in [4.78, 5) is 28.4. The maximum absolute atomic E-state index is 13.3. The van der Waals surface area contributed by atoms with E-state index in [0.717, 1.165) is 19.2 Å². The van der Waals surface area contributed by atoms with Crippen LogP contribution >= 0.6 is 7.60 Å². The molecule has 2 N–H and O–H groups in total. The molecule has 0 radical (unpaired) electrons. The van der Waals surface area contributed by atoms with Crippen molar-refractivity contribution in [3.8, 4) is 0 Å². The van der Waals surface area contributed by atoms with Crippen LogP contribution in [0.4, 0.5) is 4.39 Å². The van der Waals surface area contributed by atoms with Gasteiger partial charge in [-0.1, -0.05) is 6.07 Å². The molecule has 0 fully saturated rings. The lowest BCUT2D eigenvalue weighted by molar-refractivity contribution is 0.0600. The highest BCUT2D eigenvalue weighted by Gasteiger charge is 2.18. The quantitative estimate of drug-likeness (QED) is 0.622. The number of methoxy groups -OCH3 is 1. The molecule has 0 bridgehead atoms. The van der Waals surface area contributed by atoms with E-state index in [1.54, 1.807) is 0 Å². The normalized spacial score (nSPS) is 11.2. The van der Waals surface area contributed by atoms with E-state index < -0.39 is 25.5 Å². The molecule has 0 saturated heterocycles. The van der Waals surface area contributed by atoms with E-state index in [2.05, 4.69) is 4.74 Å². The number of rotatable bonds is 3. The van der Waals surface area contributed by atoms with Crippen molar-refractivity contribution >= 4 is 13.6 Å². The largest absolute Gasteiger partial charge is 0.465 e. The maximum atomic E-state index is 13.3. The number of carbonyl (C=O) groups excluding carboxylic acids is 1. The first kappa shape index (κ1) is 12.8. The number of halogens is 1. The highest BCUT2D eigenvalue weighted by molar-refractivity contribution is 7.50. The Hall–Kier alpha value is -1.23. The molecule has 0 saturated carbocycles. The smallest absolute Gasteiger partial charge is 0.337 e. The van der Waals surface area contributed by atoms with E-state index in [0.29, 0.717) is 0 Å². The summed E-state index contributed by atoms with van der Waals surface area (Å²) in [5, 5.41) is 0. The molecule has 88 valence electrons. The van der Waals surface area contributed by atoms with E-state index in [1.807, 2.05) is 0 Å². The van der Waals surface area contributed by atoms with Crippen LogP contribution in [0.1, 0.15) is 15.9 Å². The molecule has 1 rings (SSSR count). The van der Waals surface area contributed by atoms with Gasteiger partial charge in [-0.15, -0.1) is 0 Å². The zero-order chi connectivity index (χ0) is 12.3. The Kier molecular flexibility index (Phi) is 3.80. The molecule has 0 amide bonds. The molecule has 0 aliphatic heterocycles. The fraction of sp³-hybridized carbons (Fsp3) is 0.222. The van der Waals surface area contributed by atoms with Gasteiger partial charge in [-0.2, -0.15) is 0 Å². The van der Waals surface area contributed by atoms with Gasteiger partial charge in [0.25, 0.3) is 0 Å². The fourth-order valence-corrected chi connectivity index (χ4v) is 1.84. The Morgan fingerprint density at radius 2 is 2.12 bits per heavy atom. The van der Waals surface area contributed by atoms with E-state index in [-0.39, 0.29) is 11.1 Å². The van der Waals surface area contributed by atoms with Crippen molar-refractivity contribution in [2.75, 3.05) is 7.11 Å². The van der Waals surface area contributed by atoms with Crippen molar-refractivity contribution in [3.63, 3.8) is 0 Å². The molecular formula is C9H10FO5P. The third-order valence-corrected chi connectivity index (χ3v) is 2.60. The molecule has 0 aliphatic carbocycles. The first-order valence-corrected chi connectivity index (χ1v) is 6.04. The minimum Gasteiger partial charge on any atom is -0.465 e. The van der Waals surface area contributed by atoms with Gasteiger partial charge in [0.2, 0.25) is 0 Å². The van der Waals surface area contributed by atoms with E-state index in [9.17, 15) is 13.8 Å². The summed E-state index contributed by atoms with van der Waals surface area (Å²) in [6.07, 6.45) is -0.694. The topological polar surface area (TPSA) is 83.8 Å². The molecule has 0 atom stereocenters. The molecule has 0 aliphatic rings. The van der Waals surface area contributed by atoms with Crippen molar-refractivity contribution in [1.82, 2.24) is 0 Å². The summed E-state index contributed by atoms with van der Waals surface area (Å²) >= 11 is 0. The lowest BCUT2D eigenvalue weighted by Gasteiger charge is -2.06. The van der Waals surface area contributed by atoms with Crippen LogP contribution in [0, 0.1) is 5.82 Å². The average Bonchev–Trinajstić information content (AvgIpc) is 2.18. The summed E-state index contributed by atoms with van der Waals surface area (Å²) in [5.41, 5.74) is -0.143. The standard InChI is InChI=1S/C9H10FO5P/c1-15-9(11)6-2-3-7(8(10)4-6)5-16(12,13)14/h2-4H,5H2,1H3,(H2,12,13,14). The highest BCUT2D eigenvalue weighted by Crippen LogP contribution is 2.39. The Morgan fingerprint density at radius 1 is 1.50 bits per heavy atom. The number of hydrogen-bond acceptors (Lipinski definition) is 3. The van der Waals surface area contributed by atoms with Gasteiger partial charge >= 0.3 is 13.6 Å². The average molecular weight is 248 g/mol. The summed E-state index contributed by atoms with van der Waals surface area (Å²) in [7, 11) is -3.16. The van der Waals surface area contributed by atoms with Gasteiger partial charge in [0, 0.05) is 0 Å². The van der Waals surface area contributed by atoms with Crippen LogP contribution in [0.25, 0.3) is 0 Å². The zero-order valence-corrected chi connectivity index (χ0v) is 9.28. The second-order valence-corrected chi connectivity index (χ2v) is 4.77. The predicted molar refractivity (Wildman–Crippen MR) is 53.5 cm³/mol. The second-order valence-electron chi connectivity index (χ2n) is 3.12. The second kappa shape index (κ2) is 4.74. The van der Waals surface area contributed by atoms with E-state index >= 15 is 0 Å². The van der Waals surface area contributed by atoms with Crippen molar-refractivity contribution in [2.45, 2.75) is 6.16 Å². The maximum Gasteiger partial charge on any atom is 0.337 e. The van der Waals surface area contributed by atoms with E-state index in [1.165, 1.54) is 6.07 Å². The fourth-order valence-electron chi connectivity index (χ4n) is 1.14. The summed E-state index contributed by atoms with van der Waals surface area (Å²) in [5.74, 6) is -1.55. The van der Waals surface area contributed by atoms with Crippen LogP contribution in [-0.4, -0.2) is 22.9 Å². The number of benzene rings is 1. The molecule has 5 nitrogen and oxygen atoms in total. The van der Waals surface area contributed by atoms with Gasteiger partial charge in [-0.3, -0.25) is 4.57 Å². The zero-order valence-electron chi connectivity index (χ0n) is 8.38. The molecule has 0 spiro atoms. The van der Waals surface area contributed by atoms with Gasteiger partial charge in [0.15, 0.2) is 0 Å². The molecule has 0 heterocycles. The van der Waals surface area contributed by atoms with E-state index in [4.69, 9.17) is 9.79 Å². The van der Waals surface area contributed by atoms with Crippen molar-refractivity contribution < 1.29 is 28.3 Å².